The van der Waals surface area contributed by atoms with Crippen LogP contribution in [0.5, 0.6) is 0 Å². The molecule has 23 heavy (non-hydrogen) atoms. The Morgan fingerprint density at radius 1 is 1.26 bits per heavy atom. The van der Waals surface area contributed by atoms with Crippen molar-refractivity contribution in [1.29, 1.82) is 0 Å². The first-order valence-electron chi connectivity index (χ1n) is 6.32. The summed E-state index contributed by atoms with van der Waals surface area (Å²) in [6.45, 7) is 0. The van der Waals surface area contributed by atoms with Gasteiger partial charge in [-0.3, -0.25) is 20.2 Å². The van der Waals surface area contributed by atoms with E-state index >= 15 is 0 Å². The van der Waals surface area contributed by atoms with Crippen molar-refractivity contribution in [2.75, 3.05) is 0 Å². The van der Waals surface area contributed by atoms with Crippen LogP contribution in [0.2, 0.25) is 5.02 Å². The molecule has 116 valence electrons. The van der Waals surface area contributed by atoms with Crippen LogP contribution in [0.15, 0.2) is 40.4 Å². The SMILES string of the molecule is O=C1NC(=S)N/C1=C/c1ccc(-c2cc([N+](=O)[O-])ccc2Cl)o1. The molecular formula is C14H8ClN3O4S. The molecule has 2 heterocycles. The number of nitrogens with zero attached hydrogens (tertiary/aromatic N) is 1. The van der Waals surface area contributed by atoms with Gasteiger partial charge in [0, 0.05) is 23.8 Å². The zero-order valence-corrected chi connectivity index (χ0v) is 12.9. The number of thiocarbonyl (C=S) groups is 1. The van der Waals surface area contributed by atoms with Gasteiger partial charge in [0.15, 0.2) is 5.11 Å². The van der Waals surface area contributed by atoms with Crippen LogP contribution in [0.1, 0.15) is 5.76 Å². The highest BCUT2D eigenvalue weighted by atomic mass is 35.5. The number of hydrogen-bond acceptors (Lipinski definition) is 5. The molecule has 0 saturated carbocycles. The van der Waals surface area contributed by atoms with E-state index in [4.69, 9.17) is 28.2 Å². The Labute approximate surface area is 140 Å². The van der Waals surface area contributed by atoms with Gasteiger partial charge in [-0.2, -0.15) is 0 Å². The number of halogens is 1. The molecule has 0 unspecified atom stereocenters. The van der Waals surface area contributed by atoms with E-state index in [9.17, 15) is 14.9 Å². The second-order valence-electron chi connectivity index (χ2n) is 4.59. The third kappa shape index (κ3) is 3.08. The third-order valence-corrected chi connectivity index (χ3v) is 3.59. The molecule has 2 aromatic rings. The van der Waals surface area contributed by atoms with Crippen LogP contribution in [-0.4, -0.2) is 15.9 Å². The first-order chi connectivity index (χ1) is 10.9. The summed E-state index contributed by atoms with van der Waals surface area (Å²) >= 11 is 10.9. The van der Waals surface area contributed by atoms with Crippen LogP contribution >= 0.6 is 23.8 Å². The zero-order chi connectivity index (χ0) is 16.6. The summed E-state index contributed by atoms with van der Waals surface area (Å²) in [7, 11) is 0. The Morgan fingerprint density at radius 3 is 2.70 bits per heavy atom. The van der Waals surface area contributed by atoms with Crippen molar-refractivity contribution in [3.05, 3.63) is 56.9 Å². The second-order valence-corrected chi connectivity index (χ2v) is 5.40. The van der Waals surface area contributed by atoms with Gasteiger partial charge in [0.25, 0.3) is 11.6 Å². The fourth-order valence-corrected chi connectivity index (χ4v) is 2.43. The maximum atomic E-state index is 11.6. The van der Waals surface area contributed by atoms with Gasteiger partial charge in [-0.25, -0.2) is 0 Å². The maximum Gasteiger partial charge on any atom is 0.274 e. The normalized spacial score (nSPS) is 15.6. The van der Waals surface area contributed by atoms with Crippen molar-refractivity contribution in [3.63, 3.8) is 0 Å². The number of carbonyl (C=O) groups is 1. The number of nitro groups is 1. The molecule has 0 bridgehead atoms. The summed E-state index contributed by atoms with van der Waals surface area (Å²) < 4.78 is 5.58. The molecule has 1 fully saturated rings. The van der Waals surface area contributed by atoms with E-state index in [1.165, 1.54) is 24.3 Å². The van der Waals surface area contributed by atoms with Crippen LogP contribution in [0.25, 0.3) is 17.4 Å². The lowest BCUT2D eigenvalue weighted by molar-refractivity contribution is -0.384. The van der Waals surface area contributed by atoms with Crippen molar-refractivity contribution in [3.8, 4) is 11.3 Å². The van der Waals surface area contributed by atoms with Crippen molar-refractivity contribution < 1.29 is 14.1 Å². The number of carbonyl (C=O) groups excluding carboxylic acids is 1. The number of hydrogen-bond donors (Lipinski definition) is 2. The minimum absolute atomic E-state index is 0.0945. The number of furan rings is 1. The van der Waals surface area contributed by atoms with E-state index in [0.717, 1.165) is 0 Å². The lowest BCUT2D eigenvalue weighted by Gasteiger charge is -2.00. The quantitative estimate of drug-likeness (QED) is 0.383. The molecule has 9 heteroatoms. The van der Waals surface area contributed by atoms with Gasteiger partial charge in [-0.05, 0) is 30.4 Å². The third-order valence-electron chi connectivity index (χ3n) is 3.06. The predicted octanol–water partition coefficient (Wildman–Crippen LogP) is 2.85. The van der Waals surface area contributed by atoms with Crippen LogP contribution in [0.3, 0.4) is 0 Å². The number of amides is 1. The van der Waals surface area contributed by atoms with Gasteiger partial charge in [0.1, 0.15) is 17.2 Å². The number of nitrogens with one attached hydrogen (secondary N) is 2. The standard InChI is InChI=1S/C14H8ClN3O4S/c15-10-3-1-7(18(20)21)5-9(10)12-4-2-8(22-12)6-11-13(19)17-14(23)16-11/h1-6H,(H2,16,17,19,23)/b11-6+. The first-order valence-corrected chi connectivity index (χ1v) is 7.11. The highest BCUT2D eigenvalue weighted by Crippen LogP contribution is 2.33. The van der Waals surface area contributed by atoms with E-state index in [0.29, 0.717) is 22.1 Å². The average Bonchev–Trinajstić information content (AvgIpc) is 3.06. The Morgan fingerprint density at radius 2 is 2.04 bits per heavy atom. The lowest BCUT2D eigenvalue weighted by Crippen LogP contribution is -2.21. The summed E-state index contributed by atoms with van der Waals surface area (Å²) in [6.07, 6.45) is 1.48. The Hall–Kier alpha value is -2.71. The second kappa shape index (κ2) is 5.82. The molecule has 7 nitrogen and oxygen atoms in total. The van der Waals surface area contributed by atoms with E-state index in [1.54, 1.807) is 12.1 Å². The number of benzene rings is 1. The summed E-state index contributed by atoms with van der Waals surface area (Å²) in [5.74, 6) is 0.373. The maximum absolute atomic E-state index is 11.6. The topological polar surface area (TPSA) is 97.4 Å². The molecule has 1 amide bonds. The van der Waals surface area contributed by atoms with E-state index in [-0.39, 0.29) is 22.4 Å². The molecule has 1 aromatic carbocycles. The minimum atomic E-state index is -0.514. The molecule has 0 atom stereocenters. The first kappa shape index (κ1) is 15.2. The smallest absolute Gasteiger partial charge is 0.274 e. The Bertz CT molecular complexity index is 875. The van der Waals surface area contributed by atoms with Crippen molar-refractivity contribution in [2.24, 2.45) is 0 Å². The highest BCUT2D eigenvalue weighted by molar-refractivity contribution is 7.80. The fraction of sp³-hybridized carbons (Fsp3) is 0. The molecule has 0 radical (unpaired) electrons. The Balaban J connectivity index is 1.95. The summed E-state index contributed by atoms with van der Waals surface area (Å²) in [4.78, 5) is 21.9. The molecule has 2 N–H and O–H groups in total. The molecule has 1 aliphatic rings. The molecule has 3 rings (SSSR count). The minimum Gasteiger partial charge on any atom is -0.457 e. The molecule has 1 saturated heterocycles. The van der Waals surface area contributed by atoms with Crippen LogP contribution in [-0.2, 0) is 4.79 Å². The average molecular weight is 350 g/mol. The van der Waals surface area contributed by atoms with Crippen molar-refractivity contribution >= 4 is 46.6 Å². The molecule has 1 aliphatic heterocycles. The van der Waals surface area contributed by atoms with Gasteiger partial charge in [0.05, 0.1) is 9.95 Å². The molecule has 0 aliphatic carbocycles. The number of rotatable bonds is 3. The molecule has 0 spiro atoms. The lowest BCUT2D eigenvalue weighted by atomic mass is 10.1. The summed E-state index contributed by atoms with van der Waals surface area (Å²) in [5, 5.41) is 16.5. The van der Waals surface area contributed by atoms with Gasteiger partial charge in [0.2, 0.25) is 0 Å². The van der Waals surface area contributed by atoms with E-state index in [2.05, 4.69) is 10.6 Å². The van der Waals surface area contributed by atoms with Gasteiger partial charge in [-0.15, -0.1) is 0 Å². The monoisotopic (exact) mass is 349 g/mol. The number of non-ortho nitro benzene ring substituents is 1. The van der Waals surface area contributed by atoms with Gasteiger partial charge in [-0.1, -0.05) is 11.6 Å². The van der Waals surface area contributed by atoms with Crippen LogP contribution in [0.4, 0.5) is 5.69 Å². The van der Waals surface area contributed by atoms with Gasteiger partial charge >= 0.3 is 0 Å². The summed E-state index contributed by atoms with van der Waals surface area (Å²) in [6, 6.07) is 7.30. The van der Waals surface area contributed by atoms with Gasteiger partial charge < -0.3 is 9.73 Å². The largest absolute Gasteiger partial charge is 0.457 e. The highest BCUT2D eigenvalue weighted by Gasteiger charge is 2.21. The predicted molar refractivity (Wildman–Crippen MR) is 87.7 cm³/mol. The van der Waals surface area contributed by atoms with E-state index in [1.807, 2.05) is 0 Å². The summed E-state index contributed by atoms with van der Waals surface area (Å²) in [5.41, 5.74) is 0.550. The number of nitro benzene ring substituents is 1. The molecule has 1 aromatic heterocycles. The van der Waals surface area contributed by atoms with Crippen LogP contribution in [0, 0.1) is 10.1 Å². The van der Waals surface area contributed by atoms with Crippen LogP contribution < -0.4 is 10.6 Å². The molecular weight excluding hydrogens is 342 g/mol. The zero-order valence-electron chi connectivity index (χ0n) is 11.3. The van der Waals surface area contributed by atoms with Crippen molar-refractivity contribution in [2.45, 2.75) is 0 Å². The van der Waals surface area contributed by atoms with E-state index < -0.39 is 4.92 Å². The fourth-order valence-electron chi connectivity index (χ4n) is 2.02. The Kier molecular flexibility index (Phi) is 3.85. The van der Waals surface area contributed by atoms with Crippen molar-refractivity contribution in [1.82, 2.24) is 10.6 Å².